The minimum atomic E-state index is -4.61. The summed E-state index contributed by atoms with van der Waals surface area (Å²) in [5, 5.41) is 4.12. The molecule has 3 heterocycles. The van der Waals surface area contributed by atoms with E-state index in [-0.39, 0.29) is 35.3 Å². The molecule has 0 saturated carbocycles. The van der Waals surface area contributed by atoms with E-state index in [1.165, 1.54) is 6.07 Å². The van der Waals surface area contributed by atoms with Crippen molar-refractivity contribution in [3.63, 3.8) is 0 Å². The Kier molecular flexibility index (Phi) is 4.57. The van der Waals surface area contributed by atoms with Crippen molar-refractivity contribution in [1.82, 2.24) is 19.5 Å². The van der Waals surface area contributed by atoms with Gasteiger partial charge in [0.05, 0.1) is 5.69 Å². The highest BCUT2D eigenvalue weighted by Gasteiger charge is 2.40. The molecule has 0 N–H and O–H groups in total. The summed E-state index contributed by atoms with van der Waals surface area (Å²) < 4.78 is 43.3. The summed E-state index contributed by atoms with van der Waals surface area (Å²) in [6.45, 7) is 4.62. The molecule has 3 aromatic rings. The number of aryl methyl sites for hydroxylation is 1. The molecule has 1 fully saturated rings. The Morgan fingerprint density at radius 3 is 2.68 bits per heavy atom. The molecule has 1 amide bonds. The van der Waals surface area contributed by atoms with Crippen LogP contribution in [0.25, 0.3) is 16.9 Å². The van der Waals surface area contributed by atoms with Crippen LogP contribution >= 0.6 is 0 Å². The van der Waals surface area contributed by atoms with Crippen molar-refractivity contribution in [2.75, 3.05) is 6.54 Å². The van der Waals surface area contributed by atoms with E-state index in [0.717, 1.165) is 22.9 Å². The van der Waals surface area contributed by atoms with Gasteiger partial charge in [0.1, 0.15) is 0 Å². The second-order valence-corrected chi connectivity index (χ2v) is 8.73. The lowest BCUT2D eigenvalue weighted by atomic mass is 9.88. The van der Waals surface area contributed by atoms with Crippen LogP contribution < -0.4 is 0 Å². The molecule has 1 saturated heterocycles. The van der Waals surface area contributed by atoms with Gasteiger partial charge in [0.15, 0.2) is 17.0 Å². The summed E-state index contributed by atoms with van der Waals surface area (Å²) in [7, 11) is 0. The Labute approximate surface area is 177 Å². The minimum absolute atomic E-state index is 0.00887. The lowest BCUT2D eigenvalue weighted by molar-refractivity contribution is -0.143. The first-order valence-corrected chi connectivity index (χ1v) is 10.6. The number of amides is 1. The third-order valence-electron chi connectivity index (χ3n) is 6.48. The molecule has 2 aliphatic rings. The zero-order valence-corrected chi connectivity index (χ0v) is 17.4. The molecule has 1 aliphatic heterocycles. The van der Waals surface area contributed by atoms with E-state index >= 15 is 0 Å². The Morgan fingerprint density at radius 1 is 1.13 bits per heavy atom. The van der Waals surface area contributed by atoms with Crippen molar-refractivity contribution < 1.29 is 18.0 Å². The maximum atomic E-state index is 14.2. The van der Waals surface area contributed by atoms with Crippen LogP contribution in [0.15, 0.2) is 30.3 Å². The van der Waals surface area contributed by atoms with Crippen molar-refractivity contribution in [3.8, 4) is 11.3 Å². The first kappa shape index (κ1) is 20.0. The van der Waals surface area contributed by atoms with Gasteiger partial charge in [-0.2, -0.15) is 18.3 Å². The molecule has 8 heteroatoms. The summed E-state index contributed by atoms with van der Waals surface area (Å²) in [5.74, 6) is 0.0147. The topological polar surface area (TPSA) is 50.5 Å². The fourth-order valence-corrected chi connectivity index (χ4v) is 4.84. The lowest BCUT2D eigenvalue weighted by Crippen LogP contribution is -2.45. The van der Waals surface area contributed by atoms with E-state index in [1.54, 1.807) is 17.0 Å². The smallest absolute Gasteiger partial charge is 0.334 e. The largest absolute Gasteiger partial charge is 0.433 e. The number of halogens is 3. The van der Waals surface area contributed by atoms with Gasteiger partial charge in [-0.3, -0.25) is 4.79 Å². The average molecular weight is 428 g/mol. The van der Waals surface area contributed by atoms with Gasteiger partial charge in [-0.1, -0.05) is 31.2 Å². The first-order valence-electron chi connectivity index (χ1n) is 10.6. The summed E-state index contributed by atoms with van der Waals surface area (Å²) in [6, 6.07) is 8.82. The van der Waals surface area contributed by atoms with Gasteiger partial charge in [-0.05, 0) is 44.1 Å². The summed E-state index contributed by atoms with van der Waals surface area (Å²) in [6.07, 6.45) is -1.97. The zero-order valence-electron chi connectivity index (χ0n) is 17.4. The molecule has 0 radical (unpaired) electrons. The summed E-state index contributed by atoms with van der Waals surface area (Å²) >= 11 is 0. The van der Waals surface area contributed by atoms with Crippen LogP contribution in [0.3, 0.4) is 0 Å². The number of piperidine rings is 1. The minimum Gasteiger partial charge on any atom is -0.334 e. The Balaban J connectivity index is 1.68. The van der Waals surface area contributed by atoms with Crippen LogP contribution in [0.1, 0.15) is 54.0 Å². The Hall–Kier alpha value is -2.90. The van der Waals surface area contributed by atoms with Gasteiger partial charge >= 0.3 is 6.18 Å². The maximum Gasteiger partial charge on any atom is 0.433 e. The third kappa shape index (κ3) is 3.28. The molecule has 1 aromatic carbocycles. The standard InChI is InChI=1S/C23H23F3N4O/c1-13-7-8-14(2)29(12-13)22(31)18-11-19-27-20-16-6-4-3-5-15(16)9-10-17(20)21(23(24,25)26)30(19)28-18/h3-6,11,13-14H,7-10,12H2,1-2H3/t13-,14+/m1/s1. The van der Waals surface area contributed by atoms with Gasteiger partial charge in [-0.15, -0.1) is 0 Å². The number of rotatable bonds is 1. The first-order chi connectivity index (χ1) is 14.7. The van der Waals surface area contributed by atoms with Crippen molar-refractivity contribution in [3.05, 3.63) is 52.8 Å². The quantitative estimate of drug-likeness (QED) is 0.561. The monoisotopic (exact) mass is 428 g/mol. The molecule has 0 spiro atoms. The van der Waals surface area contributed by atoms with E-state index in [2.05, 4.69) is 17.0 Å². The molecule has 2 aromatic heterocycles. The second-order valence-electron chi connectivity index (χ2n) is 8.73. The molecule has 1 aliphatic carbocycles. The number of benzene rings is 1. The second kappa shape index (κ2) is 7.07. The van der Waals surface area contributed by atoms with E-state index < -0.39 is 11.9 Å². The number of carbonyl (C=O) groups is 1. The molecule has 5 rings (SSSR count). The van der Waals surface area contributed by atoms with Crippen molar-refractivity contribution in [2.24, 2.45) is 5.92 Å². The van der Waals surface area contributed by atoms with Crippen LogP contribution in [0.4, 0.5) is 13.2 Å². The number of likely N-dealkylation sites (tertiary alicyclic amines) is 1. The van der Waals surface area contributed by atoms with Crippen molar-refractivity contribution >= 4 is 11.6 Å². The third-order valence-corrected chi connectivity index (χ3v) is 6.48. The predicted molar refractivity (Wildman–Crippen MR) is 110 cm³/mol. The van der Waals surface area contributed by atoms with Crippen molar-refractivity contribution in [1.29, 1.82) is 0 Å². The molecular formula is C23H23F3N4O. The normalized spacial score (nSPS) is 21.1. The van der Waals surface area contributed by atoms with Crippen LogP contribution in [-0.2, 0) is 19.0 Å². The molecular weight excluding hydrogens is 405 g/mol. The highest BCUT2D eigenvalue weighted by Crippen LogP contribution is 2.40. The van der Waals surface area contributed by atoms with Gasteiger partial charge in [-0.25, -0.2) is 9.50 Å². The predicted octanol–water partition coefficient (Wildman–Crippen LogP) is 4.77. The van der Waals surface area contributed by atoms with Crippen LogP contribution in [0, 0.1) is 5.92 Å². The van der Waals surface area contributed by atoms with Crippen molar-refractivity contribution in [2.45, 2.75) is 51.7 Å². The molecule has 31 heavy (non-hydrogen) atoms. The number of aromatic nitrogens is 3. The molecule has 5 nitrogen and oxygen atoms in total. The summed E-state index contributed by atoms with van der Waals surface area (Å²) in [5.41, 5.74) is 1.39. The fraction of sp³-hybridized carbons (Fsp3) is 0.435. The maximum absolute atomic E-state index is 14.2. The van der Waals surface area contributed by atoms with Crippen LogP contribution in [0.2, 0.25) is 0 Å². The van der Waals surface area contributed by atoms with E-state index in [0.29, 0.717) is 30.1 Å². The number of nitrogens with zero attached hydrogens (tertiary/aromatic N) is 4. The van der Waals surface area contributed by atoms with Gasteiger partial charge < -0.3 is 4.90 Å². The number of carbonyl (C=O) groups excluding carboxylic acids is 1. The number of alkyl halides is 3. The molecule has 162 valence electrons. The van der Waals surface area contributed by atoms with Crippen LogP contribution in [-0.4, -0.2) is 38.0 Å². The number of hydrogen-bond donors (Lipinski definition) is 0. The lowest BCUT2D eigenvalue weighted by Gasteiger charge is -2.36. The molecule has 0 bridgehead atoms. The fourth-order valence-electron chi connectivity index (χ4n) is 4.84. The van der Waals surface area contributed by atoms with E-state index in [4.69, 9.17) is 0 Å². The molecule has 2 atom stereocenters. The average Bonchev–Trinajstić information content (AvgIpc) is 3.15. The van der Waals surface area contributed by atoms with Gasteiger partial charge in [0.25, 0.3) is 5.91 Å². The summed E-state index contributed by atoms with van der Waals surface area (Å²) in [4.78, 5) is 19.4. The van der Waals surface area contributed by atoms with Gasteiger partial charge in [0.2, 0.25) is 0 Å². The highest BCUT2D eigenvalue weighted by molar-refractivity contribution is 5.93. The SMILES string of the molecule is C[C@@H]1CC[C@H](C)N(C(=O)c2cc3nc4c(c(C(F)(F)F)n3n2)CCc2ccccc2-4)C1. The van der Waals surface area contributed by atoms with E-state index in [1.807, 2.05) is 19.1 Å². The Bertz CT molecular complexity index is 1180. The molecule has 0 unspecified atom stereocenters. The van der Waals surface area contributed by atoms with E-state index in [9.17, 15) is 18.0 Å². The van der Waals surface area contributed by atoms with Crippen LogP contribution in [0.5, 0.6) is 0 Å². The Morgan fingerprint density at radius 2 is 1.90 bits per heavy atom. The highest BCUT2D eigenvalue weighted by atomic mass is 19.4. The number of hydrogen-bond acceptors (Lipinski definition) is 3. The number of fused-ring (bicyclic) bond motifs is 4. The van der Waals surface area contributed by atoms with Gasteiger partial charge in [0, 0.05) is 29.8 Å². The zero-order chi connectivity index (χ0) is 21.9.